The highest BCUT2D eigenvalue weighted by Crippen LogP contribution is 2.24. The van der Waals surface area contributed by atoms with Gasteiger partial charge in [0.1, 0.15) is 0 Å². The van der Waals surface area contributed by atoms with Gasteiger partial charge in [0, 0.05) is 19.0 Å². The van der Waals surface area contributed by atoms with Crippen molar-refractivity contribution in [2.45, 2.75) is 25.7 Å². The van der Waals surface area contributed by atoms with E-state index in [1.807, 2.05) is 17.1 Å². The molecule has 0 spiro atoms. The van der Waals surface area contributed by atoms with Gasteiger partial charge in [-0.05, 0) is 25.7 Å². The van der Waals surface area contributed by atoms with E-state index < -0.39 is 5.97 Å². The predicted octanol–water partition coefficient (Wildman–Crippen LogP) is 1.28. The summed E-state index contributed by atoms with van der Waals surface area (Å²) in [5.74, 6) is -0.671. The molecule has 2 aliphatic rings. The van der Waals surface area contributed by atoms with Crippen molar-refractivity contribution in [3.8, 4) is 0 Å². The molecule has 1 amide bonds. The molecule has 0 saturated carbocycles. The maximum atomic E-state index is 12.0. The lowest BCUT2D eigenvalue weighted by Gasteiger charge is -2.31. The second-order valence-electron chi connectivity index (χ2n) is 4.58. The zero-order valence-electron chi connectivity index (χ0n) is 9.26. The average Bonchev–Trinajstić information content (AvgIpc) is 2.81. The normalized spacial score (nSPS) is 22.6. The van der Waals surface area contributed by atoms with Crippen molar-refractivity contribution in [1.82, 2.24) is 4.90 Å². The Kier molecular flexibility index (Phi) is 3.27. The lowest BCUT2D eigenvalue weighted by molar-refractivity contribution is -0.146. The van der Waals surface area contributed by atoms with Gasteiger partial charge in [-0.2, -0.15) is 0 Å². The molecule has 88 valence electrons. The van der Waals surface area contributed by atoms with Crippen molar-refractivity contribution in [3.63, 3.8) is 0 Å². The highest BCUT2D eigenvalue weighted by Gasteiger charge is 2.30. The predicted molar refractivity (Wildman–Crippen MR) is 58.8 cm³/mol. The summed E-state index contributed by atoms with van der Waals surface area (Å²) in [5, 5.41) is 8.86. The van der Waals surface area contributed by atoms with Crippen LogP contribution in [-0.2, 0) is 9.59 Å². The van der Waals surface area contributed by atoms with Crippen LogP contribution in [0, 0.1) is 11.8 Å². The first-order valence-electron chi connectivity index (χ1n) is 5.85. The summed E-state index contributed by atoms with van der Waals surface area (Å²) in [6.45, 7) is 1.21. The Morgan fingerprint density at radius 2 is 1.62 bits per heavy atom. The van der Waals surface area contributed by atoms with E-state index in [2.05, 4.69) is 0 Å². The Hall–Kier alpha value is -1.32. The van der Waals surface area contributed by atoms with Gasteiger partial charge in [-0.1, -0.05) is 12.2 Å². The Balaban J connectivity index is 1.84. The van der Waals surface area contributed by atoms with E-state index in [0.29, 0.717) is 25.9 Å². The number of aliphatic carboxylic acids is 1. The molecule has 1 heterocycles. The number of hydrogen-bond donors (Lipinski definition) is 1. The molecule has 0 bridgehead atoms. The molecule has 1 N–H and O–H groups in total. The summed E-state index contributed by atoms with van der Waals surface area (Å²) in [4.78, 5) is 24.6. The molecule has 0 atom stereocenters. The van der Waals surface area contributed by atoms with Crippen molar-refractivity contribution in [2.75, 3.05) is 13.1 Å². The largest absolute Gasteiger partial charge is 0.481 e. The fourth-order valence-corrected chi connectivity index (χ4v) is 2.42. The number of carbonyl (C=O) groups is 2. The van der Waals surface area contributed by atoms with Gasteiger partial charge in [-0.3, -0.25) is 9.59 Å². The number of carboxylic acids is 1. The summed E-state index contributed by atoms with van der Waals surface area (Å²) in [5.41, 5.74) is 0. The van der Waals surface area contributed by atoms with Crippen LogP contribution in [0.4, 0.5) is 0 Å². The highest BCUT2D eigenvalue weighted by atomic mass is 16.4. The van der Waals surface area contributed by atoms with Crippen LogP contribution < -0.4 is 0 Å². The third-order valence-electron chi connectivity index (χ3n) is 3.51. The van der Waals surface area contributed by atoms with Gasteiger partial charge in [-0.15, -0.1) is 0 Å². The molecule has 4 heteroatoms. The summed E-state index contributed by atoms with van der Waals surface area (Å²) in [6.07, 6.45) is 6.98. The third kappa shape index (κ3) is 2.26. The first-order chi connectivity index (χ1) is 7.68. The Bertz CT molecular complexity index is 308. The lowest BCUT2D eigenvalue weighted by atomic mass is 9.95. The summed E-state index contributed by atoms with van der Waals surface area (Å²) in [6, 6.07) is 0. The average molecular weight is 223 g/mol. The van der Waals surface area contributed by atoms with Gasteiger partial charge in [-0.25, -0.2) is 0 Å². The number of nitrogens with zero attached hydrogens (tertiary/aromatic N) is 1. The number of carbonyl (C=O) groups excluding carboxylic acids is 1. The van der Waals surface area contributed by atoms with Crippen LogP contribution in [0.25, 0.3) is 0 Å². The van der Waals surface area contributed by atoms with E-state index in [1.165, 1.54) is 0 Å². The second-order valence-corrected chi connectivity index (χ2v) is 4.58. The maximum Gasteiger partial charge on any atom is 0.306 e. The topological polar surface area (TPSA) is 57.6 Å². The van der Waals surface area contributed by atoms with Crippen LogP contribution in [-0.4, -0.2) is 35.0 Å². The second kappa shape index (κ2) is 4.68. The minimum absolute atomic E-state index is 0.112. The molecule has 1 aliphatic carbocycles. The first kappa shape index (κ1) is 11.2. The SMILES string of the molecule is O=C(O)C1CCN(C(=O)C2CC=CC2)CC1. The van der Waals surface area contributed by atoms with E-state index >= 15 is 0 Å². The molecule has 0 radical (unpaired) electrons. The lowest BCUT2D eigenvalue weighted by Crippen LogP contribution is -2.42. The number of rotatable bonds is 2. The van der Waals surface area contributed by atoms with Crippen molar-refractivity contribution < 1.29 is 14.7 Å². The molecule has 2 rings (SSSR count). The molecule has 4 nitrogen and oxygen atoms in total. The number of piperidine rings is 1. The van der Waals surface area contributed by atoms with Crippen molar-refractivity contribution in [2.24, 2.45) is 11.8 Å². The minimum Gasteiger partial charge on any atom is -0.481 e. The molecule has 1 aliphatic heterocycles. The van der Waals surface area contributed by atoms with Crippen LogP contribution in [0.2, 0.25) is 0 Å². The molecule has 0 unspecified atom stereocenters. The molecule has 1 saturated heterocycles. The number of amides is 1. The maximum absolute atomic E-state index is 12.0. The van der Waals surface area contributed by atoms with Gasteiger partial charge in [0.15, 0.2) is 0 Å². The number of hydrogen-bond acceptors (Lipinski definition) is 2. The Morgan fingerprint density at radius 1 is 1.06 bits per heavy atom. The number of carboxylic acid groups (broad SMARTS) is 1. The van der Waals surface area contributed by atoms with E-state index in [1.54, 1.807) is 0 Å². The zero-order valence-corrected chi connectivity index (χ0v) is 9.26. The van der Waals surface area contributed by atoms with E-state index in [9.17, 15) is 9.59 Å². The van der Waals surface area contributed by atoms with E-state index in [0.717, 1.165) is 12.8 Å². The molecule has 16 heavy (non-hydrogen) atoms. The third-order valence-corrected chi connectivity index (χ3v) is 3.51. The van der Waals surface area contributed by atoms with Crippen molar-refractivity contribution in [1.29, 1.82) is 0 Å². The fourth-order valence-electron chi connectivity index (χ4n) is 2.42. The first-order valence-corrected chi connectivity index (χ1v) is 5.85. The highest BCUT2D eigenvalue weighted by molar-refractivity contribution is 5.80. The van der Waals surface area contributed by atoms with E-state index in [-0.39, 0.29) is 17.7 Å². The van der Waals surface area contributed by atoms with Gasteiger partial charge < -0.3 is 10.0 Å². The Morgan fingerprint density at radius 3 is 2.12 bits per heavy atom. The molecule has 0 aromatic heterocycles. The van der Waals surface area contributed by atoms with Crippen LogP contribution in [0.3, 0.4) is 0 Å². The quantitative estimate of drug-likeness (QED) is 0.717. The fraction of sp³-hybridized carbons (Fsp3) is 0.667. The number of likely N-dealkylation sites (tertiary alicyclic amines) is 1. The summed E-state index contributed by atoms with van der Waals surface area (Å²) < 4.78 is 0. The molecule has 0 aromatic rings. The summed E-state index contributed by atoms with van der Waals surface area (Å²) in [7, 11) is 0. The standard InChI is InChI=1S/C12H17NO3/c14-11(9-3-1-2-4-9)13-7-5-10(6-8-13)12(15)16/h1-2,9-10H,3-8H2,(H,15,16). The van der Waals surface area contributed by atoms with Crippen LogP contribution in [0.15, 0.2) is 12.2 Å². The zero-order chi connectivity index (χ0) is 11.5. The van der Waals surface area contributed by atoms with Gasteiger partial charge in [0.25, 0.3) is 0 Å². The Labute approximate surface area is 94.9 Å². The summed E-state index contributed by atoms with van der Waals surface area (Å²) >= 11 is 0. The van der Waals surface area contributed by atoms with Crippen LogP contribution >= 0.6 is 0 Å². The van der Waals surface area contributed by atoms with Crippen molar-refractivity contribution >= 4 is 11.9 Å². The minimum atomic E-state index is -0.727. The van der Waals surface area contributed by atoms with E-state index in [4.69, 9.17) is 5.11 Å². The van der Waals surface area contributed by atoms with Crippen molar-refractivity contribution in [3.05, 3.63) is 12.2 Å². The van der Waals surface area contributed by atoms with Crippen LogP contribution in [0.5, 0.6) is 0 Å². The van der Waals surface area contributed by atoms with Crippen LogP contribution in [0.1, 0.15) is 25.7 Å². The van der Waals surface area contributed by atoms with Gasteiger partial charge in [0.2, 0.25) is 5.91 Å². The molecular weight excluding hydrogens is 206 g/mol. The van der Waals surface area contributed by atoms with Gasteiger partial charge in [0.05, 0.1) is 5.92 Å². The molecule has 1 fully saturated rings. The monoisotopic (exact) mass is 223 g/mol. The van der Waals surface area contributed by atoms with Gasteiger partial charge >= 0.3 is 5.97 Å². The number of allylic oxidation sites excluding steroid dienone is 2. The molecule has 0 aromatic carbocycles. The molecular formula is C12H17NO3. The smallest absolute Gasteiger partial charge is 0.306 e.